The summed E-state index contributed by atoms with van der Waals surface area (Å²) in [6.07, 6.45) is 3.44. The van der Waals surface area contributed by atoms with E-state index in [4.69, 9.17) is 14.7 Å². The highest BCUT2D eigenvalue weighted by molar-refractivity contribution is 7.18. The topological polar surface area (TPSA) is 70.6 Å². The Morgan fingerprint density at radius 1 is 1.03 bits per heavy atom. The number of carbonyl (C=O) groups is 1. The first-order valence-electron chi connectivity index (χ1n) is 12.3. The fourth-order valence-corrected chi connectivity index (χ4v) is 5.73. The highest BCUT2D eigenvalue weighted by Crippen LogP contribution is 2.33. The Bertz CT molecular complexity index is 1150. The molecule has 2 aliphatic rings. The third-order valence-corrected chi connectivity index (χ3v) is 7.95. The Hall–Kier alpha value is -2.55. The molecule has 5 rings (SSSR count). The Morgan fingerprint density at radius 2 is 1.76 bits per heavy atom. The van der Waals surface area contributed by atoms with E-state index in [-0.39, 0.29) is 5.91 Å². The number of piperidine rings is 1. The van der Waals surface area contributed by atoms with E-state index in [1.807, 2.05) is 29.2 Å². The van der Waals surface area contributed by atoms with Crippen molar-refractivity contribution in [1.82, 2.24) is 19.8 Å². The van der Waals surface area contributed by atoms with Crippen molar-refractivity contribution in [2.45, 2.75) is 46.2 Å². The van der Waals surface area contributed by atoms with E-state index in [0.29, 0.717) is 6.54 Å². The molecule has 0 radical (unpaired) electrons. The van der Waals surface area contributed by atoms with E-state index in [1.54, 1.807) is 11.3 Å². The lowest BCUT2D eigenvalue weighted by molar-refractivity contribution is 0.0331. The van der Waals surface area contributed by atoms with Crippen molar-refractivity contribution in [3.05, 3.63) is 51.7 Å². The summed E-state index contributed by atoms with van der Waals surface area (Å²) >= 11 is 1.73. The molecule has 2 aromatic heterocycles. The number of rotatable bonds is 6. The summed E-state index contributed by atoms with van der Waals surface area (Å²) in [7, 11) is 0. The lowest BCUT2D eigenvalue weighted by Gasteiger charge is -2.26. The minimum Gasteiger partial charge on any atom is -0.379 e. The largest absolute Gasteiger partial charge is 0.379 e. The van der Waals surface area contributed by atoms with Crippen LogP contribution in [0.4, 0.5) is 5.82 Å². The second-order valence-electron chi connectivity index (χ2n) is 9.24. The minimum absolute atomic E-state index is 0.147. The molecule has 0 unspecified atom stereocenters. The van der Waals surface area contributed by atoms with Crippen molar-refractivity contribution in [2.75, 3.05) is 44.7 Å². The molecule has 1 aromatic carbocycles. The number of ether oxygens (including phenoxy) is 1. The number of morpholine rings is 1. The molecule has 0 spiro atoms. The highest BCUT2D eigenvalue weighted by atomic mass is 32.1. The average Bonchev–Trinajstić information content (AvgIpc) is 3.16. The van der Waals surface area contributed by atoms with Gasteiger partial charge in [0.1, 0.15) is 16.5 Å². The van der Waals surface area contributed by atoms with Gasteiger partial charge < -0.3 is 15.0 Å². The standard InChI is InChI=1S/C26H33N5O2S/c1-18-19(2)34-25-23(18)24(28-22(29-25)17-30-12-14-33-15-13-30)27-16-20-6-8-21(9-7-20)26(32)31-10-4-3-5-11-31/h6-9H,3-5,10-17H2,1-2H3,(H,27,28,29). The molecular formula is C26H33N5O2S. The predicted molar refractivity (Wildman–Crippen MR) is 137 cm³/mol. The number of likely N-dealkylation sites (tertiary alicyclic amines) is 1. The Balaban J connectivity index is 1.32. The first-order valence-corrected chi connectivity index (χ1v) is 13.1. The lowest BCUT2D eigenvalue weighted by Crippen LogP contribution is -2.36. The van der Waals surface area contributed by atoms with E-state index >= 15 is 0 Å². The monoisotopic (exact) mass is 479 g/mol. The van der Waals surface area contributed by atoms with Crippen molar-refractivity contribution >= 4 is 33.3 Å². The second-order valence-corrected chi connectivity index (χ2v) is 10.4. The van der Waals surface area contributed by atoms with Crippen molar-refractivity contribution < 1.29 is 9.53 Å². The number of nitrogens with zero attached hydrogens (tertiary/aromatic N) is 4. The number of hydrogen-bond donors (Lipinski definition) is 1. The zero-order valence-corrected chi connectivity index (χ0v) is 20.9. The molecular weight excluding hydrogens is 446 g/mol. The number of nitrogens with one attached hydrogen (secondary N) is 1. The van der Waals surface area contributed by atoms with E-state index in [2.05, 4.69) is 24.1 Å². The maximum atomic E-state index is 12.8. The molecule has 0 saturated carbocycles. The minimum atomic E-state index is 0.147. The fourth-order valence-electron chi connectivity index (χ4n) is 4.68. The number of anilines is 1. The molecule has 180 valence electrons. The summed E-state index contributed by atoms with van der Waals surface area (Å²) in [5.41, 5.74) is 3.14. The number of aromatic nitrogens is 2. The Labute approximate surface area is 205 Å². The van der Waals surface area contributed by atoms with E-state index in [0.717, 1.165) is 91.8 Å². The zero-order valence-electron chi connectivity index (χ0n) is 20.1. The van der Waals surface area contributed by atoms with Crippen LogP contribution in [0, 0.1) is 13.8 Å². The predicted octanol–water partition coefficient (Wildman–Crippen LogP) is 4.38. The molecule has 0 bridgehead atoms. The summed E-state index contributed by atoms with van der Waals surface area (Å²) in [5, 5.41) is 4.68. The molecule has 34 heavy (non-hydrogen) atoms. The van der Waals surface area contributed by atoms with Crippen LogP contribution in [-0.4, -0.2) is 65.1 Å². The first-order chi connectivity index (χ1) is 16.6. The average molecular weight is 480 g/mol. The van der Waals surface area contributed by atoms with E-state index < -0.39 is 0 Å². The van der Waals surface area contributed by atoms with E-state index in [1.165, 1.54) is 16.9 Å². The number of benzene rings is 1. The molecule has 2 saturated heterocycles. The van der Waals surface area contributed by atoms with Crippen LogP contribution in [0.3, 0.4) is 0 Å². The fraction of sp³-hybridized carbons (Fsp3) is 0.500. The molecule has 2 fully saturated rings. The van der Waals surface area contributed by atoms with Crippen LogP contribution in [0.2, 0.25) is 0 Å². The van der Waals surface area contributed by atoms with Gasteiger partial charge in [0.05, 0.1) is 25.1 Å². The normalized spacial score (nSPS) is 17.3. The first kappa shape index (κ1) is 23.2. The van der Waals surface area contributed by atoms with Crippen molar-refractivity contribution in [3.63, 3.8) is 0 Å². The van der Waals surface area contributed by atoms with Gasteiger partial charge in [0.25, 0.3) is 5.91 Å². The number of hydrogen-bond acceptors (Lipinski definition) is 7. The quantitative estimate of drug-likeness (QED) is 0.566. The number of thiophene rings is 1. The highest BCUT2D eigenvalue weighted by Gasteiger charge is 2.19. The van der Waals surface area contributed by atoms with Gasteiger partial charge >= 0.3 is 0 Å². The number of aryl methyl sites for hydroxylation is 2. The summed E-state index contributed by atoms with van der Waals surface area (Å²) in [5.74, 6) is 1.89. The van der Waals surface area contributed by atoms with Crippen molar-refractivity contribution in [3.8, 4) is 0 Å². The van der Waals surface area contributed by atoms with Gasteiger partial charge in [-0.05, 0) is 56.4 Å². The van der Waals surface area contributed by atoms with Gasteiger partial charge in [0.2, 0.25) is 0 Å². The summed E-state index contributed by atoms with van der Waals surface area (Å²) < 4.78 is 5.48. The van der Waals surface area contributed by atoms with Crippen molar-refractivity contribution in [2.24, 2.45) is 0 Å². The molecule has 3 aromatic rings. The van der Waals surface area contributed by atoms with Gasteiger partial charge in [-0.1, -0.05) is 12.1 Å². The zero-order chi connectivity index (χ0) is 23.5. The van der Waals surface area contributed by atoms with E-state index in [9.17, 15) is 4.79 Å². The van der Waals surface area contributed by atoms with Gasteiger partial charge in [-0.2, -0.15) is 0 Å². The molecule has 1 amide bonds. The summed E-state index contributed by atoms with van der Waals surface area (Å²) in [6.45, 7) is 10.8. The molecule has 2 aliphatic heterocycles. The maximum absolute atomic E-state index is 12.8. The van der Waals surface area contributed by atoms with Crippen LogP contribution < -0.4 is 5.32 Å². The third kappa shape index (κ3) is 5.09. The van der Waals surface area contributed by atoms with Gasteiger partial charge in [-0.25, -0.2) is 9.97 Å². The van der Waals surface area contributed by atoms with Crippen LogP contribution in [0.5, 0.6) is 0 Å². The maximum Gasteiger partial charge on any atom is 0.253 e. The second kappa shape index (κ2) is 10.4. The van der Waals surface area contributed by atoms with Gasteiger partial charge in [-0.3, -0.25) is 9.69 Å². The van der Waals surface area contributed by atoms with Crippen LogP contribution in [0.25, 0.3) is 10.2 Å². The lowest BCUT2D eigenvalue weighted by atomic mass is 10.1. The number of amides is 1. The van der Waals surface area contributed by atoms with Crippen LogP contribution in [-0.2, 0) is 17.8 Å². The molecule has 1 N–H and O–H groups in total. The molecule has 0 aliphatic carbocycles. The smallest absolute Gasteiger partial charge is 0.253 e. The molecule has 8 heteroatoms. The number of carbonyl (C=O) groups excluding carboxylic acids is 1. The summed E-state index contributed by atoms with van der Waals surface area (Å²) in [6, 6.07) is 7.99. The molecule has 4 heterocycles. The van der Waals surface area contributed by atoms with Crippen LogP contribution in [0.15, 0.2) is 24.3 Å². The summed E-state index contributed by atoms with van der Waals surface area (Å²) in [4.78, 5) is 29.2. The Kier molecular flexibility index (Phi) is 7.08. The third-order valence-electron chi connectivity index (χ3n) is 6.85. The van der Waals surface area contributed by atoms with Gasteiger partial charge in [-0.15, -0.1) is 11.3 Å². The van der Waals surface area contributed by atoms with Crippen LogP contribution in [0.1, 0.15) is 51.4 Å². The van der Waals surface area contributed by atoms with Crippen LogP contribution >= 0.6 is 11.3 Å². The SMILES string of the molecule is Cc1sc2nc(CN3CCOCC3)nc(NCc3ccc(C(=O)N4CCCCC4)cc3)c2c1C. The van der Waals surface area contributed by atoms with Crippen molar-refractivity contribution in [1.29, 1.82) is 0 Å². The van der Waals surface area contributed by atoms with Gasteiger partial charge in [0, 0.05) is 43.2 Å². The number of fused-ring (bicyclic) bond motifs is 1. The Morgan fingerprint density at radius 3 is 2.50 bits per heavy atom. The molecule has 7 nitrogen and oxygen atoms in total. The molecule has 0 atom stereocenters. The van der Waals surface area contributed by atoms with Gasteiger partial charge in [0.15, 0.2) is 0 Å².